The first-order valence-corrected chi connectivity index (χ1v) is 12.6. The molecule has 0 aromatic heterocycles. The van der Waals surface area contributed by atoms with Gasteiger partial charge in [0, 0.05) is 16.0 Å². The first kappa shape index (κ1) is 17.9. The van der Waals surface area contributed by atoms with Crippen LogP contribution in [0, 0.1) is 0 Å². The molecule has 146 valence electrons. The van der Waals surface area contributed by atoms with Gasteiger partial charge in [0.2, 0.25) is 0 Å². The van der Waals surface area contributed by atoms with Crippen molar-refractivity contribution < 1.29 is 4.57 Å². The van der Waals surface area contributed by atoms with Crippen LogP contribution < -0.4 is 10.6 Å². The molecule has 1 atom stereocenters. The third kappa shape index (κ3) is 2.22. The van der Waals surface area contributed by atoms with Gasteiger partial charge in [-0.1, -0.05) is 74.5 Å². The molecule has 1 nitrogen and oxygen atoms in total. The van der Waals surface area contributed by atoms with Crippen molar-refractivity contribution in [3.05, 3.63) is 96.1 Å². The summed E-state index contributed by atoms with van der Waals surface area (Å²) in [5.41, 5.74) is 9.79. The smallest absolute Gasteiger partial charge is 0.141 e. The minimum absolute atomic E-state index is 0.0571. The van der Waals surface area contributed by atoms with E-state index in [1.165, 1.54) is 33.4 Å². The van der Waals surface area contributed by atoms with Crippen LogP contribution in [0.4, 0.5) is 0 Å². The summed E-state index contributed by atoms with van der Waals surface area (Å²) in [5.74, 6) is 0. The van der Waals surface area contributed by atoms with Gasteiger partial charge in [-0.05, 0) is 75.4 Å². The standard InChI is InChI=1S/C28H23OP/c1-28(2)24-12-8-7-11-20(24)21-17-27-23(16-25(21)28)22-15-19(18-9-5-4-6-10-18)13-14-26(22)30(27,3)29/h4-17H,1-3H3. The van der Waals surface area contributed by atoms with Crippen molar-refractivity contribution in [2.45, 2.75) is 19.3 Å². The van der Waals surface area contributed by atoms with Crippen LogP contribution in [0.1, 0.15) is 25.0 Å². The average Bonchev–Trinajstić information content (AvgIpc) is 3.13. The fraction of sp³-hybridized carbons (Fsp3) is 0.143. The Morgan fingerprint density at radius 2 is 1.30 bits per heavy atom. The number of hydrogen-bond acceptors (Lipinski definition) is 1. The molecular formula is C28H23OP. The zero-order chi connectivity index (χ0) is 20.7. The van der Waals surface area contributed by atoms with Crippen LogP contribution in [-0.2, 0) is 9.98 Å². The number of benzene rings is 4. The van der Waals surface area contributed by atoms with Gasteiger partial charge in [0.1, 0.15) is 7.14 Å². The maximum atomic E-state index is 14.0. The summed E-state index contributed by atoms with van der Waals surface area (Å²) >= 11 is 0. The van der Waals surface area contributed by atoms with Gasteiger partial charge in [0.15, 0.2) is 0 Å². The molecule has 2 aliphatic rings. The Morgan fingerprint density at radius 3 is 2.10 bits per heavy atom. The lowest BCUT2D eigenvalue weighted by molar-refractivity contribution is 0.591. The fourth-order valence-electron chi connectivity index (χ4n) is 5.37. The van der Waals surface area contributed by atoms with Crippen molar-refractivity contribution in [2.24, 2.45) is 0 Å². The summed E-state index contributed by atoms with van der Waals surface area (Å²) in [4.78, 5) is 0. The van der Waals surface area contributed by atoms with Crippen molar-refractivity contribution in [3.63, 3.8) is 0 Å². The quantitative estimate of drug-likeness (QED) is 0.326. The van der Waals surface area contributed by atoms with Crippen molar-refractivity contribution >= 4 is 17.8 Å². The second-order valence-corrected chi connectivity index (χ2v) is 11.9. The van der Waals surface area contributed by atoms with E-state index in [-0.39, 0.29) is 5.41 Å². The van der Waals surface area contributed by atoms with E-state index >= 15 is 0 Å². The van der Waals surface area contributed by atoms with Gasteiger partial charge in [-0.2, -0.15) is 0 Å². The SMILES string of the molecule is CC1(C)c2ccccc2-c2cc3c(cc21)-c1cc(-c2ccccc2)ccc1P3(C)=O. The minimum atomic E-state index is -2.62. The van der Waals surface area contributed by atoms with E-state index in [0.717, 1.165) is 21.7 Å². The lowest BCUT2D eigenvalue weighted by Crippen LogP contribution is -2.16. The van der Waals surface area contributed by atoms with Gasteiger partial charge >= 0.3 is 0 Å². The van der Waals surface area contributed by atoms with Gasteiger partial charge < -0.3 is 4.57 Å². The van der Waals surface area contributed by atoms with Crippen LogP contribution in [0.3, 0.4) is 0 Å². The number of hydrogen-bond donors (Lipinski definition) is 0. The maximum Gasteiger partial charge on any atom is 0.141 e. The zero-order valence-electron chi connectivity index (χ0n) is 17.4. The highest BCUT2D eigenvalue weighted by Crippen LogP contribution is 2.55. The molecule has 1 unspecified atom stereocenters. The van der Waals surface area contributed by atoms with Crippen LogP contribution in [0.2, 0.25) is 0 Å². The van der Waals surface area contributed by atoms with Crippen molar-refractivity contribution in [1.29, 1.82) is 0 Å². The fourth-order valence-corrected chi connectivity index (χ4v) is 7.65. The van der Waals surface area contributed by atoms with Gasteiger partial charge in [-0.25, -0.2) is 0 Å². The molecule has 4 aromatic rings. The lowest BCUT2D eigenvalue weighted by Gasteiger charge is -2.22. The molecule has 0 spiro atoms. The Labute approximate surface area is 177 Å². The molecule has 1 aliphatic heterocycles. The molecule has 0 saturated heterocycles. The molecule has 0 amide bonds. The predicted octanol–water partition coefficient (Wildman–Crippen LogP) is 6.58. The van der Waals surface area contributed by atoms with Crippen molar-refractivity contribution in [1.82, 2.24) is 0 Å². The van der Waals surface area contributed by atoms with Gasteiger partial charge in [-0.15, -0.1) is 0 Å². The van der Waals surface area contributed by atoms with Crippen LogP contribution >= 0.6 is 7.14 Å². The van der Waals surface area contributed by atoms with E-state index in [1.807, 2.05) is 12.7 Å². The van der Waals surface area contributed by atoms with E-state index < -0.39 is 7.14 Å². The first-order chi connectivity index (χ1) is 14.4. The Bertz CT molecular complexity index is 1400. The summed E-state index contributed by atoms with van der Waals surface area (Å²) in [7, 11) is -2.62. The van der Waals surface area contributed by atoms with Gasteiger partial charge in [0.25, 0.3) is 0 Å². The molecule has 0 bridgehead atoms. The van der Waals surface area contributed by atoms with E-state index in [1.54, 1.807) is 0 Å². The topological polar surface area (TPSA) is 17.1 Å². The predicted molar refractivity (Wildman–Crippen MR) is 128 cm³/mol. The molecule has 0 saturated carbocycles. The van der Waals surface area contributed by atoms with E-state index in [2.05, 4.69) is 92.7 Å². The summed E-state index contributed by atoms with van der Waals surface area (Å²) < 4.78 is 14.0. The highest BCUT2D eigenvalue weighted by atomic mass is 31.2. The summed E-state index contributed by atoms with van der Waals surface area (Å²) in [6.45, 7) is 6.52. The summed E-state index contributed by atoms with van der Waals surface area (Å²) in [6.07, 6.45) is 0. The number of rotatable bonds is 1. The molecule has 0 radical (unpaired) electrons. The average molecular weight is 406 g/mol. The van der Waals surface area contributed by atoms with Crippen LogP contribution in [0.25, 0.3) is 33.4 Å². The second-order valence-electron chi connectivity index (χ2n) is 9.11. The van der Waals surface area contributed by atoms with Crippen LogP contribution in [0.15, 0.2) is 84.9 Å². The molecule has 0 fully saturated rings. The molecular weight excluding hydrogens is 383 g/mol. The third-order valence-corrected chi connectivity index (χ3v) is 9.61. The lowest BCUT2D eigenvalue weighted by atomic mass is 9.81. The largest absolute Gasteiger partial charge is 0.314 e. The molecule has 30 heavy (non-hydrogen) atoms. The summed E-state index contributed by atoms with van der Waals surface area (Å²) in [5, 5.41) is 2.00. The highest BCUT2D eigenvalue weighted by molar-refractivity contribution is 7.79. The molecule has 1 aliphatic carbocycles. The monoisotopic (exact) mass is 406 g/mol. The van der Waals surface area contributed by atoms with E-state index in [0.29, 0.717) is 0 Å². The Kier molecular flexibility index (Phi) is 3.49. The Hall–Kier alpha value is -2.89. The van der Waals surface area contributed by atoms with Gasteiger partial charge in [0.05, 0.1) is 0 Å². The molecule has 2 heteroatoms. The zero-order valence-corrected chi connectivity index (χ0v) is 18.3. The normalized spacial score (nSPS) is 19.7. The Morgan fingerprint density at radius 1 is 0.600 bits per heavy atom. The molecule has 6 rings (SSSR count). The maximum absolute atomic E-state index is 14.0. The Balaban J connectivity index is 1.63. The van der Waals surface area contributed by atoms with Crippen LogP contribution in [-0.4, -0.2) is 6.66 Å². The third-order valence-electron chi connectivity index (χ3n) is 7.01. The van der Waals surface area contributed by atoms with Gasteiger partial charge in [-0.3, -0.25) is 0 Å². The highest BCUT2D eigenvalue weighted by Gasteiger charge is 2.41. The molecule has 1 heterocycles. The number of fused-ring (bicyclic) bond motifs is 6. The first-order valence-electron chi connectivity index (χ1n) is 10.5. The molecule has 4 aromatic carbocycles. The van der Waals surface area contributed by atoms with E-state index in [9.17, 15) is 4.57 Å². The van der Waals surface area contributed by atoms with Crippen molar-refractivity contribution in [3.8, 4) is 33.4 Å². The summed E-state index contributed by atoms with van der Waals surface area (Å²) in [6, 6.07) is 30.0. The second kappa shape index (κ2) is 5.84. The minimum Gasteiger partial charge on any atom is -0.314 e. The van der Waals surface area contributed by atoms with E-state index in [4.69, 9.17) is 0 Å². The molecule has 0 N–H and O–H groups in total. The van der Waals surface area contributed by atoms with Crippen LogP contribution in [0.5, 0.6) is 0 Å². The van der Waals surface area contributed by atoms with Crippen molar-refractivity contribution in [2.75, 3.05) is 6.66 Å².